The van der Waals surface area contributed by atoms with Gasteiger partial charge in [0.2, 0.25) is 11.1 Å². The van der Waals surface area contributed by atoms with E-state index in [1.807, 2.05) is 24.8 Å². The van der Waals surface area contributed by atoms with E-state index in [2.05, 4.69) is 22.2 Å². The lowest BCUT2D eigenvalue weighted by Gasteiger charge is -2.30. The Morgan fingerprint density at radius 3 is 2.67 bits per heavy atom. The van der Waals surface area contributed by atoms with Gasteiger partial charge in [0.25, 0.3) is 5.95 Å². The summed E-state index contributed by atoms with van der Waals surface area (Å²) in [7, 11) is 0. The number of amides is 1. The van der Waals surface area contributed by atoms with Crippen LogP contribution in [0.15, 0.2) is 11.2 Å². The molecule has 0 bridgehead atoms. The zero-order chi connectivity index (χ0) is 17.3. The zero-order valence-electron chi connectivity index (χ0n) is 14.3. The molecule has 0 spiro atoms. The second-order valence-corrected chi connectivity index (χ2v) is 7.29. The Morgan fingerprint density at radius 2 is 2.04 bits per heavy atom. The number of aryl methyl sites for hydroxylation is 2. The number of rotatable bonds is 4. The van der Waals surface area contributed by atoms with Gasteiger partial charge in [0.1, 0.15) is 0 Å². The van der Waals surface area contributed by atoms with Crippen molar-refractivity contribution in [2.45, 2.75) is 38.8 Å². The standard InChI is InChI=1S/C15H23N7OS/c1-10-4-6-20(7-5-10)13(23)9-24-15-18-17-14(21(15)16)22-12(3)8-11(2)19-22/h8,10H,4-7,9,16H2,1-3H3. The summed E-state index contributed by atoms with van der Waals surface area (Å²) in [6.07, 6.45) is 2.15. The van der Waals surface area contributed by atoms with Crippen LogP contribution < -0.4 is 5.84 Å². The minimum absolute atomic E-state index is 0.127. The van der Waals surface area contributed by atoms with Gasteiger partial charge >= 0.3 is 0 Å². The van der Waals surface area contributed by atoms with Gasteiger partial charge in [-0.25, -0.2) is 9.36 Å². The summed E-state index contributed by atoms with van der Waals surface area (Å²) in [6.45, 7) is 7.75. The lowest BCUT2D eigenvalue weighted by Crippen LogP contribution is -2.39. The first-order valence-electron chi connectivity index (χ1n) is 8.10. The summed E-state index contributed by atoms with van der Waals surface area (Å²) in [5, 5.41) is 13.1. The molecule has 3 heterocycles. The molecule has 1 saturated heterocycles. The van der Waals surface area contributed by atoms with Crippen LogP contribution >= 0.6 is 11.8 Å². The number of carbonyl (C=O) groups excluding carboxylic acids is 1. The highest BCUT2D eigenvalue weighted by Gasteiger charge is 2.22. The molecule has 24 heavy (non-hydrogen) atoms. The molecule has 9 heteroatoms. The van der Waals surface area contributed by atoms with Gasteiger partial charge in [0.05, 0.1) is 11.4 Å². The van der Waals surface area contributed by atoms with Crippen molar-refractivity contribution >= 4 is 17.7 Å². The second-order valence-electron chi connectivity index (χ2n) is 6.34. The molecule has 0 unspecified atom stereocenters. The molecule has 130 valence electrons. The van der Waals surface area contributed by atoms with Crippen molar-refractivity contribution in [1.29, 1.82) is 0 Å². The van der Waals surface area contributed by atoms with E-state index in [1.54, 1.807) is 4.68 Å². The average molecular weight is 349 g/mol. The first kappa shape index (κ1) is 16.8. The Labute approximate surface area is 145 Å². The van der Waals surface area contributed by atoms with Crippen LogP contribution in [0.5, 0.6) is 0 Å². The van der Waals surface area contributed by atoms with Crippen molar-refractivity contribution in [2.24, 2.45) is 5.92 Å². The van der Waals surface area contributed by atoms with Crippen molar-refractivity contribution in [3.8, 4) is 5.95 Å². The molecule has 0 atom stereocenters. The number of likely N-dealkylation sites (tertiary alicyclic amines) is 1. The van der Waals surface area contributed by atoms with Crippen LogP contribution in [-0.2, 0) is 4.79 Å². The van der Waals surface area contributed by atoms with Gasteiger partial charge < -0.3 is 10.7 Å². The maximum Gasteiger partial charge on any atom is 0.271 e. The fourth-order valence-corrected chi connectivity index (χ4v) is 3.57. The number of aromatic nitrogens is 5. The summed E-state index contributed by atoms with van der Waals surface area (Å²) >= 11 is 1.31. The number of piperidine rings is 1. The summed E-state index contributed by atoms with van der Waals surface area (Å²) in [5.74, 6) is 7.68. The SMILES string of the molecule is Cc1cc(C)n(-c2nnc(SCC(=O)N3CCC(C)CC3)n2N)n1. The third kappa shape index (κ3) is 3.40. The molecule has 2 N–H and O–H groups in total. The number of hydrogen-bond acceptors (Lipinski definition) is 6. The van der Waals surface area contributed by atoms with Crippen LogP contribution in [0.2, 0.25) is 0 Å². The fourth-order valence-electron chi connectivity index (χ4n) is 2.82. The second kappa shape index (κ2) is 6.84. The lowest BCUT2D eigenvalue weighted by atomic mass is 9.99. The highest BCUT2D eigenvalue weighted by atomic mass is 32.2. The number of carbonyl (C=O) groups is 1. The van der Waals surface area contributed by atoms with Crippen LogP contribution in [0.4, 0.5) is 0 Å². The quantitative estimate of drug-likeness (QED) is 0.657. The molecule has 0 radical (unpaired) electrons. The molecule has 2 aromatic rings. The monoisotopic (exact) mass is 349 g/mol. The number of nitrogens with two attached hydrogens (primary N) is 1. The highest BCUT2D eigenvalue weighted by molar-refractivity contribution is 7.99. The lowest BCUT2D eigenvalue weighted by molar-refractivity contribution is -0.129. The normalized spacial score (nSPS) is 15.9. The molecule has 8 nitrogen and oxygen atoms in total. The van der Waals surface area contributed by atoms with Gasteiger partial charge in [-0.1, -0.05) is 18.7 Å². The van der Waals surface area contributed by atoms with Crippen molar-refractivity contribution in [2.75, 3.05) is 24.7 Å². The Morgan fingerprint density at radius 1 is 1.33 bits per heavy atom. The summed E-state index contributed by atoms with van der Waals surface area (Å²) in [5.41, 5.74) is 1.82. The van der Waals surface area contributed by atoms with Crippen molar-refractivity contribution in [3.63, 3.8) is 0 Å². The Hall–Kier alpha value is -2.03. The van der Waals surface area contributed by atoms with E-state index in [1.165, 1.54) is 16.4 Å². The average Bonchev–Trinajstić information content (AvgIpc) is 3.07. The maximum absolute atomic E-state index is 12.3. The fraction of sp³-hybridized carbons (Fsp3) is 0.600. The van der Waals surface area contributed by atoms with Crippen LogP contribution in [0.25, 0.3) is 5.95 Å². The van der Waals surface area contributed by atoms with Gasteiger partial charge in [-0.2, -0.15) is 5.10 Å². The van der Waals surface area contributed by atoms with Crippen molar-refractivity contribution in [3.05, 3.63) is 17.5 Å². The van der Waals surface area contributed by atoms with E-state index in [-0.39, 0.29) is 5.91 Å². The highest BCUT2D eigenvalue weighted by Crippen LogP contribution is 2.20. The van der Waals surface area contributed by atoms with Crippen LogP contribution in [0.1, 0.15) is 31.2 Å². The summed E-state index contributed by atoms with van der Waals surface area (Å²) < 4.78 is 3.04. The minimum atomic E-state index is 0.127. The third-order valence-corrected chi connectivity index (χ3v) is 5.23. The molecular formula is C15H23N7OS. The smallest absolute Gasteiger partial charge is 0.271 e. The molecule has 2 aromatic heterocycles. The van der Waals surface area contributed by atoms with E-state index in [0.717, 1.165) is 37.3 Å². The van der Waals surface area contributed by atoms with E-state index in [0.29, 0.717) is 22.8 Å². The van der Waals surface area contributed by atoms with Gasteiger partial charge in [-0.3, -0.25) is 4.79 Å². The maximum atomic E-state index is 12.3. The van der Waals surface area contributed by atoms with Gasteiger partial charge in [0.15, 0.2) is 0 Å². The molecule has 1 amide bonds. The Bertz CT molecular complexity index is 730. The van der Waals surface area contributed by atoms with Crippen molar-refractivity contribution < 1.29 is 4.79 Å². The largest absolute Gasteiger partial charge is 0.342 e. The first-order chi connectivity index (χ1) is 11.5. The molecule has 1 aliphatic rings. The first-order valence-corrected chi connectivity index (χ1v) is 9.09. The van der Waals surface area contributed by atoms with Gasteiger partial charge in [-0.15, -0.1) is 10.2 Å². The summed E-state index contributed by atoms with van der Waals surface area (Å²) in [4.78, 5) is 14.2. The zero-order valence-corrected chi connectivity index (χ0v) is 15.1. The molecule has 3 rings (SSSR count). The predicted octanol–water partition coefficient (Wildman–Crippen LogP) is 1.15. The minimum Gasteiger partial charge on any atom is -0.342 e. The van der Waals surface area contributed by atoms with E-state index < -0.39 is 0 Å². The topological polar surface area (TPSA) is 94.9 Å². The number of hydrogen-bond donors (Lipinski definition) is 1. The van der Waals surface area contributed by atoms with E-state index >= 15 is 0 Å². The van der Waals surface area contributed by atoms with Crippen molar-refractivity contribution in [1.82, 2.24) is 29.6 Å². The van der Waals surface area contributed by atoms with E-state index in [9.17, 15) is 4.79 Å². The molecule has 0 aromatic carbocycles. The molecule has 1 fully saturated rings. The number of nitrogens with zero attached hydrogens (tertiary/aromatic N) is 6. The van der Waals surface area contributed by atoms with Crippen LogP contribution in [-0.4, -0.2) is 54.3 Å². The van der Waals surface area contributed by atoms with Gasteiger partial charge in [-0.05, 0) is 38.7 Å². The number of thioether (sulfide) groups is 1. The van der Waals surface area contributed by atoms with E-state index in [4.69, 9.17) is 5.84 Å². The van der Waals surface area contributed by atoms with Gasteiger partial charge in [0, 0.05) is 18.8 Å². The molecule has 0 aliphatic carbocycles. The van der Waals surface area contributed by atoms with Crippen LogP contribution in [0, 0.1) is 19.8 Å². The molecule has 1 aliphatic heterocycles. The third-order valence-electron chi connectivity index (χ3n) is 4.31. The van der Waals surface area contributed by atoms with Crippen LogP contribution in [0.3, 0.4) is 0 Å². The summed E-state index contributed by atoms with van der Waals surface area (Å²) in [6, 6.07) is 1.95. The number of nitrogen functional groups attached to an aromatic ring is 1. The predicted molar refractivity (Wildman–Crippen MR) is 92.5 cm³/mol. The molecular weight excluding hydrogens is 326 g/mol. The Balaban J connectivity index is 1.64. The molecule has 0 saturated carbocycles. The Kier molecular flexibility index (Phi) is 4.79.